The number of aliphatic hydroxyl groups is 1. The van der Waals surface area contributed by atoms with E-state index in [2.05, 4.69) is 0 Å². The molecule has 0 fully saturated rings. The van der Waals surface area contributed by atoms with E-state index in [-0.39, 0.29) is 17.1 Å². The van der Waals surface area contributed by atoms with Gasteiger partial charge in [0, 0.05) is 18.2 Å². The molecule has 0 amide bonds. The van der Waals surface area contributed by atoms with Gasteiger partial charge in [-0.3, -0.25) is 10.1 Å². The zero-order valence-electron chi connectivity index (χ0n) is 10.0. The Morgan fingerprint density at radius 1 is 1.15 bits per heavy atom. The van der Waals surface area contributed by atoms with Gasteiger partial charge in [0.15, 0.2) is 0 Å². The molecule has 0 aliphatic carbocycles. The zero-order chi connectivity index (χ0) is 14.7. The van der Waals surface area contributed by atoms with Crippen LogP contribution in [-0.2, 0) is 6.61 Å². The first kappa shape index (κ1) is 13.9. The first-order chi connectivity index (χ1) is 9.49. The summed E-state index contributed by atoms with van der Waals surface area (Å²) in [6.07, 6.45) is 0. The first-order valence-corrected chi connectivity index (χ1v) is 5.51. The average molecular weight is 281 g/mol. The van der Waals surface area contributed by atoms with Crippen LogP contribution in [0.1, 0.15) is 5.56 Å². The molecule has 2 aromatic rings. The number of ether oxygens (including phenoxy) is 1. The van der Waals surface area contributed by atoms with Crippen molar-refractivity contribution in [3.8, 4) is 11.5 Å². The smallest absolute Gasteiger partial charge is 0.311 e. The molecule has 7 heteroatoms. The van der Waals surface area contributed by atoms with Crippen LogP contribution in [0.4, 0.5) is 14.5 Å². The van der Waals surface area contributed by atoms with Crippen molar-refractivity contribution in [3.05, 3.63) is 63.7 Å². The number of rotatable bonds is 4. The van der Waals surface area contributed by atoms with Crippen molar-refractivity contribution in [2.75, 3.05) is 0 Å². The van der Waals surface area contributed by atoms with Crippen molar-refractivity contribution in [2.24, 2.45) is 0 Å². The fourth-order valence-corrected chi connectivity index (χ4v) is 1.62. The van der Waals surface area contributed by atoms with E-state index >= 15 is 0 Å². The Labute approximate surface area is 112 Å². The molecule has 0 heterocycles. The number of nitrogens with zero attached hydrogens (tertiary/aromatic N) is 1. The van der Waals surface area contributed by atoms with Crippen LogP contribution in [0, 0.1) is 21.7 Å². The Kier molecular flexibility index (Phi) is 3.90. The van der Waals surface area contributed by atoms with Gasteiger partial charge < -0.3 is 9.84 Å². The molecule has 0 aliphatic heterocycles. The number of hydrogen-bond acceptors (Lipinski definition) is 4. The van der Waals surface area contributed by atoms with Crippen LogP contribution in [0.15, 0.2) is 36.4 Å². The summed E-state index contributed by atoms with van der Waals surface area (Å²) in [6, 6.07) is 6.09. The molecular formula is C13H9F2NO4. The fourth-order valence-electron chi connectivity index (χ4n) is 1.62. The van der Waals surface area contributed by atoms with Crippen LogP contribution < -0.4 is 4.74 Å². The van der Waals surface area contributed by atoms with Crippen LogP contribution in [0.5, 0.6) is 11.5 Å². The molecule has 0 atom stereocenters. The lowest BCUT2D eigenvalue weighted by molar-refractivity contribution is -0.385. The molecule has 0 saturated heterocycles. The second-order valence-electron chi connectivity index (χ2n) is 3.92. The number of benzene rings is 2. The standard InChI is InChI=1S/C13H9F2NO4/c14-9-1-2-12(16(18)19)13(6-9)20-11-4-8(7-17)3-10(15)5-11/h1-6,17H,7H2. The molecule has 104 valence electrons. The number of nitro groups is 1. The summed E-state index contributed by atoms with van der Waals surface area (Å²) in [5, 5.41) is 19.8. The minimum absolute atomic E-state index is 0.0669. The molecule has 20 heavy (non-hydrogen) atoms. The second-order valence-corrected chi connectivity index (χ2v) is 3.92. The Bertz CT molecular complexity index is 661. The summed E-state index contributed by atoms with van der Waals surface area (Å²) in [6.45, 7) is -0.417. The average Bonchev–Trinajstić information content (AvgIpc) is 2.37. The van der Waals surface area contributed by atoms with E-state index in [0.717, 1.165) is 30.3 Å². The second kappa shape index (κ2) is 5.62. The zero-order valence-corrected chi connectivity index (χ0v) is 10.0. The van der Waals surface area contributed by atoms with E-state index in [1.165, 1.54) is 6.07 Å². The van der Waals surface area contributed by atoms with Crippen LogP contribution in [0.2, 0.25) is 0 Å². The quantitative estimate of drug-likeness (QED) is 0.690. The SMILES string of the molecule is O=[N+]([O-])c1ccc(F)cc1Oc1cc(F)cc(CO)c1. The first-order valence-electron chi connectivity index (χ1n) is 5.51. The van der Waals surface area contributed by atoms with Crippen molar-refractivity contribution >= 4 is 5.69 Å². The Hall–Kier alpha value is -2.54. The third-order valence-corrected chi connectivity index (χ3v) is 2.46. The maximum absolute atomic E-state index is 13.3. The molecule has 2 rings (SSSR count). The van der Waals surface area contributed by atoms with E-state index in [4.69, 9.17) is 9.84 Å². The summed E-state index contributed by atoms with van der Waals surface area (Å²) < 4.78 is 31.5. The monoisotopic (exact) mass is 281 g/mol. The van der Waals surface area contributed by atoms with Crippen molar-refractivity contribution in [1.29, 1.82) is 0 Å². The van der Waals surface area contributed by atoms with Crippen molar-refractivity contribution in [1.82, 2.24) is 0 Å². The topological polar surface area (TPSA) is 72.6 Å². The molecule has 0 aromatic heterocycles. The predicted molar refractivity (Wildman–Crippen MR) is 65.5 cm³/mol. The molecule has 0 spiro atoms. The summed E-state index contributed by atoms with van der Waals surface area (Å²) in [5.74, 6) is -1.80. The Balaban J connectivity index is 2.41. The van der Waals surface area contributed by atoms with Gasteiger partial charge in [-0.2, -0.15) is 0 Å². The lowest BCUT2D eigenvalue weighted by Gasteiger charge is -2.08. The van der Waals surface area contributed by atoms with Gasteiger partial charge in [-0.25, -0.2) is 8.78 Å². The van der Waals surface area contributed by atoms with Gasteiger partial charge in [0.05, 0.1) is 11.5 Å². The number of nitro benzene ring substituents is 1. The number of halogens is 2. The lowest BCUT2D eigenvalue weighted by Crippen LogP contribution is -1.95. The van der Waals surface area contributed by atoms with E-state index in [1.807, 2.05) is 0 Å². The summed E-state index contributed by atoms with van der Waals surface area (Å²) in [7, 11) is 0. The molecule has 0 radical (unpaired) electrons. The van der Waals surface area contributed by atoms with Gasteiger partial charge in [0.2, 0.25) is 5.75 Å². The largest absolute Gasteiger partial charge is 0.450 e. The molecule has 1 N–H and O–H groups in total. The highest BCUT2D eigenvalue weighted by Crippen LogP contribution is 2.32. The maximum Gasteiger partial charge on any atom is 0.311 e. The molecule has 0 saturated carbocycles. The highest BCUT2D eigenvalue weighted by molar-refractivity contribution is 5.48. The van der Waals surface area contributed by atoms with Gasteiger partial charge in [0.1, 0.15) is 17.4 Å². The van der Waals surface area contributed by atoms with E-state index in [0.29, 0.717) is 0 Å². The van der Waals surface area contributed by atoms with Crippen molar-refractivity contribution < 1.29 is 23.5 Å². The minimum Gasteiger partial charge on any atom is -0.450 e. The Morgan fingerprint density at radius 2 is 1.90 bits per heavy atom. The normalized spacial score (nSPS) is 10.3. The van der Waals surface area contributed by atoms with E-state index < -0.39 is 28.9 Å². The van der Waals surface area contributed by atoms with Crippen LogP contribution in [0.3, 0.4) is 0 Å². The van der Waals surface area contributed by atoms with Gasteiger partial charge in [-0.1, -0.05) is 0 Å². The van der Waals surface area contributed by atoms with E-state index in [9.17, 15) is 18.9 Å². The summed E-state index contributed by atoms with van der Waals surface area (Å²) in [4.78, 5) is 10.1. The van der Waals surface area contributed by atoms with Gasteiger partial charge in [-0.15, -0.1) is 0 Å². The number of hydrogen-bond donors (Lipinski definition) is 1. The molecule has 0 unspecified atom stereocenters. The molecular weight excluding hydrogens is 272 g/mol. The fraction of sp³-hybridized carbons (Fsp3) is 0.0769. The maximum atomic E-state index is 13.3. The Morgan fingerprint density at radius 3 is 2.55 bits per heavy atom. The third-order valence-electron chi connectivity index (χ3n) is 2.46. The van der Waals surface area contributed by atoms with Gasteiger partial charge >= 0.3 is 5.69 Å². The van der Waals surface area contributed by atoms with Crippen LogP contribution in [-0.4, -0.2) is 10.0 Å². The predicted octanol–water partition coefficient (Wildman–Crippen LogP) is 3.16. The summed E-state index contributed by atoms with van der Waals surface area (Å²) >= 11 is 0. The van der Waals surface area contributed by atoms with Crippen molar-refractivity contribution in [2.45, 2.75) is 6.61 Å². The van der Waals surface area contributed by atoms with Crippen LogP contribution >= 0.6 is 0 Å². The lowest BCUT2D eigenvalue weighted by atomic mass is 10.2. The van der Waals surface area contributed by atoms with E-state index in [1.54, 1.807) is 0 Å². The van der Waals surface area contributed by atoms with Crippen molar-refractivity contribution in [3.63, 3.8) is 0 Å². The van der Waals surface area contributed by atoms with Gasteiger partial charge in [0.25, 0.3) is 0 Å². The highest BCUT2D eigenvalue weighted by Gasteiger charge is 2.17. The minimum atomic E-state index is -0.735. The molecule has 2 aromatic carbocycles. The molecule has 5 nitrogen and oxygen atoms in total. The van der Waals surface area contributed by atoms with Crippen LogP contribution in [0.25, 0.3) is 0 Å². The third kappa shape index (κ3) is 3.07. The summed E-state index contributed by atoms with van der Waals surface area (Å²) in [5.41, 5.74) is -0.208. The number of aliphatic hydroxyl groups excluding tert-OH is 1. The molecule has 0 bridgehead atoms. The highest BCUT2D eigenvalue weighted by atomic mass is 19.1. The molecule has 0 aliphatic rings. The van der Waals surface area contributed by atoms with Gasteiger partial charge in [-0.05, 0) is 23.8 Å².